The van der Waals surface area contributed by atoms with Crippen LogP contribution in [0.5, 0.6) is 5.75 Å². The van der Waals surface area contributed by atoms with Crippen molar-refractivity contribution in [3.63, 3.8) is 0 Å². The van der Waals surface area contributed by atoms with Crippen LogP contribution in [0.3, 0.4) is 0 Å². The number of aromatic nitrogens is 1. The molecule has 1 saturated carbocycles. The Hall–Kier alpha value is -3.12. The Labute approximate surface area is 210 Å². The Balaban J connectivity index is 1.46. The van der Waals surface area contributed by atoms with E-state index in [2.05, 4.69) is 9.71 Å². The second kappa shape index (κ2) is 10.1. The highest BCUT2D eigenvalue weighted by atomic mass is 32.2. The van der Waals surface area contributed by atoms with Crippen LogP contribution >= 0.6 is 11.3 Å². The van der Waals surface area contributed by atoms with Gasteiger partial charge in [0, 0.05) is 10.9 Å². The van der Waals surface area contributed by atoms with E-state index in [1.165, 1.54) is 30.7 Å². The first-order chi connectivity index (χ1) is 17.0. The van der Waals surface area contributed by atoms with Crippen molar-refractivity contribution in [1.82, 2.24) is 4.98 Å². The molecule has 1 fully saturated rings. The third-order valence-corrected chi connectivity index (χ3v) is 8.56. The number of benzene rings is 2. The lowest BCUT2D eigenvalue weighted by atomic mass is 9.78. The Morgan fingerprint density at radius 2 is 1.78 bits per heavy atom. The second-order valence-electron chi connectivity index (χ2n) is 8.53. The SMILES string of the molecule is COc1cc(C(=O)O)ccc1NS(=O)(=O)c1csc(-c2ccc(C3CCC(C(F)(F)F)CC3)cc2)n1. The van der Waals surface area contributed by atoms with E-state index in [4.69, 9.17) is 9.84 Å². The molecule has 1 aliphatic rings. The number of hydrogen-bond donors (Lipinski definition) is 2. The summed E-state index contributed by atoms with van der Waals surface area (Å²) in [6, 6.07) is 11.1. The van der Waals surface area contributed by atoms with Crippen molar-refractivity contribution in [3.8, 4) is 16.3 Å². The highest BCUT2D eigenvalue weighted by molar-refractivity contribution is 7.92. The standard InChI is InChI=1S/C24H23F3N2O5S2/c1-34-20-12-17(23(30)31)8-11-19(20)29-36(32,33)21-13-35-22(28-21)16-4-2-14(3-5-16)15-6-9-18(10-7-15)24(25,26)27/h2-5,8,11-13,15,18,29H,6-7,9-10H2,1H3,(H,30,31). The number of alkyl halides is 3. The molecule has 192 valence electrons. The van der Waals surface area contributed by atoms with Gasteiger partial charge in [-0.25, -0.2) is 9.78 Å². The fraction of sp³-hybridized carbons (Fsp3) is 0.333. The number of carboxylic acid groups (broad SMARTS) is 1. The number of carboxylic acids is 1. The molecule has 1 heterocycles. The van der Waals surface area contributed by atoms with Crippen LogP contribution < -0.4 is 9.46 Å². The summed E-state index contributed by atoms with van der Waals surface area (Å²) >= 11 is 1.14. The van der Waals surface area contributed by atoms with Crippen LogP contribution in [0.4, 0.5) is 18.9 Å². The van der Waals surface area contributed by atoms with Gasteiger partial charge in [-0.3, -0.25) is 4.72 Å². The molecule has 0 unspecified atom stereocenters. The lowest BCUT2D eigenvalue weighted by molar-refractivity contribution is -0.182. The number of nitrogens with one attached hydrogen (secondary N) is 1. The number of sulfonamides is 1. The fourth-order valence-electron chi connectivity index (χ4n) is 4.27. The molecule has 0 atom stereocenters. The summed E-state index contributed by atoms with van der Waals surface area (Å²) in [6.07, 6.45) is -2.93. The minimum absolute atomic E-state index is 0.0498. The number of anilines is 1. The van der Waals surface area contributed by atoms with Gasteiger partial charge in [0.1, 0.15) is 10.8 Å². The number of carbonyl (C=O) groups is 1. The van der Waals surface area contributed by atoms with Gasteiger partial charge in [0.2, 0.25) is 0 Å². The molecule has 7 nitrogen and oxygen atoms in total. The third-order valence-electron chi connectivity index (χ3n) is 6.27. The summed E-state index contributed by atoms with van der Waals surface area (Å²) in [6.45, 7) is 0. The molecule has 1 aliphatic carbocycles. The van der Waals surface area contributed by atoms with Crippen LogP contribution in [0.2, 0.25) is 0 Å². The Morgan fingerprint density at radius 1 is 1.11 bits per heavy atom. The topological polar surface area (TPSA) is 106 Å². The van der Waals surface area contributed by atoms with E-state index >= 15 is 0 Å². The average Bonchev–Trinajstić information content (AvgIpc) is 3.35. The molecule has 12 heteroatoms. The monoisotopic (exact) mass is 540 g/mol. The van der Waals surface area contributed by atoms with Crippen molar-refractivity contribution < 1.29 is 36.2 Å². The summed E-state index contributed by atoms with van der Waals surface area (Å²) in [7, 11) is -2.78. The number of halogens is 3. The quantitative estimate of drug-likeness (QED) is 0.372. The summed E-state index contributed by atoms with van der Waals surface area (Å²) in [5, 5.41) is 10.8. The van der Waals surface area contributed by atoms with E-state index in [0.29, 0.717) is 23.4 Å². The maximum Gasteiger partial charge on any atom is 0.391 e. The molecule has 0 spiro atoms. The van der Waals surface area contributed by atoms with Crippen LogP contribution in [0, 0.1) is 5.92 Å². The molecule has 4 rings (SSSR count). The lowest BCUT2D eigenvalue weighted by Gasteiger charge is -2.30. The number of thiazole rings is 1. The molecule has 0 amide bonds. The minimum Gasteiger partial charge on any atom is -0.495 e. The largest absolute Gasteiger partial charge is 0.495 e. The van der Waals surface area contributed by atoms with Gasteiger partial charge < -0.3 is 9.84 Å². The zero-order chi connectivity index (χ0) is 26.1. The zero-order valence-electron chi connectivity index (χ0n) is 19.1. The first-order valence-corrected chi connectivity index (χ1v) is 13.4. The Kier molecular flexibility index (Phi) is 7.28. The van der Waals surface area contributed by atoms with Crippen LogP contribution in [0.1, 0.15) is 47.5 Å². The van der Waals surface area contributed by atoms with Crippen molar-refractivity contribution >= 4 is 33.0 Å². The van der Waals surface area contributed by atoms with Crippen LogP contribution in [-0.2, 0) is 10.0 Å². The van der Waals surface area contributed by atoms with Crippen molar-refractivity contribution in [2.24, 2.45) is 5.92 Å². The van der Waals surface area contributed by atoms with Crippen molar-refractivity contribution in [2.45, 2.75) is 42.8 Å². The zero-order valence-corrected chi connectivity index (χ0v) is 20.7. The number of hydrogen-bond acceptors (Lipinski definition) is 6. The molecule has 2 N–H and O–H groups in total. The van der Waals surface area contributed by atoms with E-state index in [9.17, 15) is 26.4 Å². The molecular weight excluding hydrogens is 517 g/mol. The predicted molar refractivity (Wildman–Crippen MR) is 129 cm³/mol. The van der Waals surface area contributed by atoms with Gasteiger partial charge in [-0.1, -0.05) is 24.3 Å². The molecule has 0 saturated heterocycles. The summed E-state index contributed by atoms with van der Waals surface area (Å²) < 4.78 is 72.0. The first kappa shape index (κ1) is 26.0. The number of ether oxygens (including phenoxy) is 1. The van der Waals surface area contributed by atoms with Gasteiger partial charge in [0.05, 0.1) is 24.3 Å². The number of nitrogens with zero attached hydrogens (tertiary/aromatic N) is 1. The van der Waals surface area contributed by atoms with Gasteiger partial charge in [0.25, 0.3) is 10.0 Å². The van der Waals surface area contributed by atoms with Crippen molar-refractivity contribution in [3.05, 3.63) is 59.0 Å². The molecule has 0 aliphatic heterocycles. The van der Waals surface area contributed by atoms with Gasteiger partial charge in [0.15, 0.2) is 5.03 Å². The first-order valence-electron chi connectivity index (χ1n) is 11.0. The van der Waals surface area contributed by atoms with E-state index in [0.717, 1.165) is 16.9 Å². The van der Waals surface area contributed by atoms with E-state index < -0.39 is 28.1 Å². The molecule has 3 aromatic rings. The molecule has 36 heavy (non-hydrogen) atoms. The highest BCUT2D eigenvalue weighted by Gasteiger charge is 2.41. The molecule has 0 bridgehead atoms. The van der Waals surface area contributed by atoms with Crippen LogP contribution in [0.15, 0.2) is 52.9 Å². The maximum absolute atomic E-state index is 12.9. The average molecular weight is 541 g/mol. The smallest absolute Gasteiger partial charge is 0.391 e. The van der Waals surface area contributed by atoms with Crippen LogP contribution in [0.25, 0.3) is 10.6 Å². The van der Waals surface area contributed by atoms with Gasteiger partial charge >= 0.3 is 12.1 Å². The minimum atomic E-state index is -4.14. The summed E-state index contributed by atoms with van der Waals surface area (Å²) in [5.74, 6) is -2.29. The Bertz CT molecular complexity index is 1350. The number of rotatable bonds is 7. The normalized spacial score (nSPS) is 18.6. The van der Waals surface area contributed by atoms with Crippen molar-refractivity contribution in [1.29, 1.82) is 0 Å². The fourth-order valence-corrected chi connectivity index (χ4v) is 6.44. The van der Waals surface area contributed by atoms with E-state index in [-0.39, 0.29) is 40.8 Å². The summed E-state index contributed by atoms with van der Waals surface area (Å²) in [4.78, 5) is 15.4. The lowest BCUT2D eigenvalue weighted by Crippen LogP contribution is -2.27. The molecule has 1 aromatic heterocycles. The van der Waals surface area contributed by atoms with E-state index in [1.807, 2.05) is 12.1 Å². The number of methoxy groups -OCH3 is 1. The molecular formula is C24H23F3N2O5S2. The molecule has 2 aromatic carbocycles. The van der Waals surface area contributed by atoms with Gasteiger partial charge in [-0.05, 0) is 55.4 Å². The summed E-state index contributed by atoms with van der Waals surface area (Å²) in [5.41, 5.74) is 1.67. The number of aromatic carboxylic acids is 1. The predicted octanol–water partition coefficient (Wildman–Crippen LogP) is 6.15. The van der Waals surface area contributed by atoms with Crippen molar-refractivity contribution in [2.75, 3.05) is 11.8 Å². The van der Waals surface area contributed by atoms with Gasteiger partial charge in [-0.15, -0.1) is 11.3 Å². The third kappa shape index (κ3) is 5.65. The second-order valence-corrected chi connectivity index (χ2v) is 11.0. The highest BCUT2D eigenvalue weighted by Crippen LogP contribution is 2.43. The van der Waals surface area contributed by atoms with E-state index in [1.54, 1.807) is 12.1 Å². The van der Waals surface area contributed by atoms with Gasteiger partial charge in [-0.2, -0.15) is 21.6 Å². The maximum atomic E-state index is 12.9. The molecule has 0 radical (unpaired) electrons. The Morgan fingerprint density at radius 3 is 2.36 bits per heavy atom. The van der Waals surface area contributed by atoms with Crippen LogP contribution in [-0.4, -0.2) is 37.8 Å².